The fraction of sp³-hybridized carbons (Fsp3) is 0.375. The maximum Gasteiger partial charge on any atom is 0.270 e. The summed E-state index contributed by atoms with van der Waals surface area (Å²) in [5, 5.41) is 0.0156. The van der Waals surface area contributed by atoms with Crippen LogP contribution in [-0.4, -0.2) is 12.1 Å². The largest absolute Gasteiger partial charge is 0.481 e. The van der Waals surface area contributed by atoms with Gasteiger partial charge in [0.05, 0.1) is 17.7 Å². The molecule has 0 saturated heterocycles. The lowest BCUT2D eigenvalue weighted by Crippen LogP contribution is -1.98. The van der Waals surface area contributed by atoms with E-state index in [1.807, 2.05) is 0 Å². The average Bonchev–Trinajstić information content (AvgIpc) is 2.08. The summed E-state index contributed by atoms with van der Waals surface area (Å²) in [7, 11) is 1.28. The molecule has 0 aliphatic heterocycles. The van der Waals surface area contributed by atoms with E-state index in [1.54, 1.807) is 6.92 Å². The van der Waals surface area contributed by atoms with Gasteiger partial charge in [0, 0.05) is 6.20 Å². The molecule has 0 saturated carbocycles. The van der Waals surface area contributed by atoms with Gasteiger partial charge in [-0.3, -0.25) is 0 Å². The van der Waals surface area contributed by atoms with Crippen LogP contribution in [-0.2, 0) is 0 Å². The lowest BCUT2D eigenvalue weighted by atomic mass is 10.2. The van der Waals surface area contributed by atoms with Crippen LogP contribution in [0.3, 0.4) is 0 Å². The number of alkyl halides is 2. The number of hydrogen-bond donors (Lipinski definition) is 0. The minimum Gasteiger partial charge on any atom is -0.481 e. The first kappa shape index (κ1) is 10.2. The van der Waals surface area contributed by atoms with Crippen molar-refractivity contribution in [3.05, 3.63) is 22.3 Å². The molecule has 0 aliphatic rings. The van der Waals surface area contributed by atoms with Crippen LogP contribution in [0.1, 0.15) is 17.6 Å². The lowest BCUT2D eigenvalue weighted by molar-refractivity contribution is 0.146. The van der Waals surface area contributed by atoms with Gasteiger partial charge in [-0.2, -0.15) is 0 Å². The summed E-state index contributed by atoms with van der Waals surface area (Å²) < 4.78 is 29.6. The molecule has 1 heterocycles. The Hall–Kier alpha value is -0.900. The smallest absolute Gasteiger partial charge is 0.270 e. The van der Waals surface area contributed by atoms with Crippen molar-refractivity contribution in [3.63, 3.8) is 0 Å². The first-order valence-corrected chi connectivity index (χ1v) is 3.92. The van der Waals surface area contributed by atoms with Crippen molar-refractivity contribution in [1.82, 2.24) is 4.98 Å². The maximum atomic E-state index is 12.5. The lowest BCUT2D eigenvalue weighted by Gasteiger charge is -2.09. The fourth-order valence-electron chi connectivity index (χ4n) is 0.940. The van der Waals surface area contributed by atoms with E-state index >= 15 is 0 Å². The summed E-state index contributed by atoms with van der Waals surface area (Å²) in [4.78, 5) is 3.69. The Morgan fingerprint density at radius 2 is 2.15 bits per heavy atom. The molecule has 0 aromatic carbocycles. The zero-order chi connectivity index (χ0) is 10.0. The summed E-state index contributed by atoms with van der Waals surface area (Å²) >= 11 is 5.67. The van der Waals surface area contributed by atoms with Crippen LogP contribution in [0.15, 0.2) is 6.20 Å². The Balaban J connectivity index is 3.32. The van der Waals surface area contributed by atoms with Gasteiger partial charge in [0.1, 0.15) is 0 Å². The Bertz CT molecular complexity index is 317. The van der Waals surface area contributed by atoms with E-state index in [-0.39, 0.29) is 16.5 Å². The number of aromatic nitrogens is 1. The first-order valence-electron chi connectivity index (χ1n) is 3.55. The Kier molecular flexibility index (Phi) is 3.03. The minimum atomic E-state index is -2.67. The highest BCUT2D eigenvalue weighted by molar-refractivity contribution is 6.32. The van der Waals surface area contributed by atoms with E-state index in [4.69, 9.17) is 11.6 Å². The predicted octanol–water partition coefficient (Wildman–Crippen LogP) is 2.99. The van der Waals surface area contributed by atoms with Gasteiger partial charge in [-0.1, -0.05) is 11.6 Å². The summed E-state index contributed by atoms with van der Waals surface area (Å²) in [6.07, 6.45) is -1.28. The molecule has 0 unspecified atom stereocenters. The zero-order valence-corrected chi connectivity index (χ0v) is 7.90. The van der Waals surface area contributed by atoms with Crippen molar-refractivity contribution in [1.29, 1.82) is 0 Å². The Morgan fingerprint density at radius 3 is 2.62 bits per heavy atom. The van der Waals surface area contributed by atoms with E-state index in [1.165, 1.54) is 13.3 Å². The molecule has 1 rings (SSSR count). The van der Waals surface area contributed by atoms with Crippen LogP contribution >= 0.6 is 11.6 Å². The van der Waals surface area contributed by atoms with Crippen molar-refractivity contribution in [2.24, 2.45) is 0 Å². The highest BCUT2D eigenvalue weighted by Crippen LogP contribution is 2.35. The van der Waals surface area contributed by atoms with Gasteiger partial charge in [-0.15, -0.1) is 0 Å². The second-order valence-electron chi connectivity index (χ2n) is 2.48. The van der Waals surface area contributed by atoms with Gasteiger partial charge < -0.3 is 4.74 Å². The zero-order valence-electron chi connectivity index (χ0n) is 7.14. The standard InChI is InChI=1S/C8H8ClF2NO/c1-4-3-12-8(13-2)5(6(4)9)7(10)11/h3,7H,1-2H3. The number of halogens is 3. The number of aryl methyl sites for hydroxylation is 1. The third-order valence-corrected chi connectivity index (χ3v) is 2.10. The van der Waals surface area contributed by atoms with Gasteiger partial charge in [-0.05, 0) is 12.5 Å². The summed E-state index contributed by atoms with van der Waals surface area (Å²) in [5.74, 6) is -0.120. The Morgan fingerprint density at radius 1 is 1.54 bits per heavy atom. The summed E-state index contributed by atoms with van der Waals surface area (Å²) in [5.41, 5.74) is 0.168. The molecule has 1 aromatic heterocycles. The third kappa shape index (κ3) is 1.88. The molecule has 0 N–H and O–H groups in total. The fourth-order valence-corrected chi connectivity index (χ4v) is 1.15. The molecule has 2 nitrogen and oxygen atoms in total. The molecule has 0 amide bonds. The number of nitrogens with zero attached hydrogens (tertiary/aromatic N) is 1. The minimum absolute atomic E-state index is 0.0156. The third-order valence-electron chi connectivity index (χ3n) is 1.60. The molecular formula is C8H8ClF2NO. The summed E-state index contributed by atoms with van der Waals surface area (Å²) in [6, 6.07) is 0. The predicted molar refractivity (Wildman–Crippen MR) is 45.5 cm³/mol. The molecule has 13 heavy (non-hydrogen) atoms. The second-order valence-corrected chi connectivity index (χ2v) is 2.86. The van der Waals surface area contributed by atoms with Crippen LogP contribution in [0.25, 0.3) is 0 Å². The molecule has 0 fully saturated rings. The van der Waals surface area contributed by atoms with E-state index in [9.17, 15) is 8.78 Å². The number of pyridine rings is 1. The highest BCUT2D eigenvalue weighted by atomic mass is 35.5. The quantitative estimate of drug-likeness (QED) is 0.744. The first-order chi connectivity index (χ1) is 6.07. The molecule has 5 heteroatoms. The SMILES string of the molecule is COc1ncc(C)c(Cl)c1C(F)F. The van der Waals surface area contributed by atoms with Crippen molar-refractivity contribution in [2.75, 3.05) is 7.11 Å². The van der Waals surface area contributed by atoms with Crippen LogP contribution in [0.5, 0.6) is 5.88 Å². The topological polar surface area (TPSA) is 22.1 Å². The van der Waals surface area contributed by atoms with Gasteiger partial charge in [0.25, 0.3) is 6.43 Å². The van der Waals surface area contributed by atoms with Crippen LogP contribution in [0.4, 0.5) is 8.78 Å². The van der Waals surface area contributed by atoms with E-state index in [0.717, 1.165) is 0 Å². The van der Waals surface area contributed by atoms with E-state index < -0.39 is 6.43 Å². The number of ether oxygens (including phenoxy) is 1. The second kappa shape index (κ2) is 3.87. The number of rotatable bonds is 2. The van der Waals surface area contributed by atoms with Crippen LogP contribution < -0.4 is 4.74 Å². The average molecular weight is 208 g/mol. The molecular weight excluding hydrogens is 200 g/mol. The van der Waals surface area contributed by atoms with Crippen LogP contribution in [0, 0.1) is 6.92 Å². The van der Waals surface area contributed by atoms with Crippen molar-refractivity contribution in [2.45, 2.75) is 13.3 Å². The van der Waals surface area contributed by atoms with Gasteiger partial charge in [0.15, 0.2) is 0 Å². The van der Waals surface area contributed by atoms with E-state index in [2.05, 4.69) is 9.72 Å². The molecule has 0 bridgehead atoms. The van der Waals surface area contributed by atoms with Crippen molar-refractivity contribution >= 4 is 11.6 Å². The van der Waals surface area contributed by atoms with Crippen LogP contribution in [0.2, 0.25) is 5.02 Å². The molecule has 0 radical (unpaired) electrons. The van der Waals surface area contributed by atoms with Gasteiger partial charge in [-0.25, -0.2) is 13.8 Å². The molecule has 0 aliphatic carbocycles. The van der Waals surface area contributed by atoms with Crippen molar-refractivity contribution in [3.8, 4) is 5.88 Å². The molecule has 0 atom stereocenters. The van der Waals surface area contributed by atoms with Crippen molar-refractivity contribution < 1.29 is 13.5 Å². The van der Waals surface area contributed by atoms with Gasteiger partial charge in [0.2, 0.25) is 5.88 Å². The summed E-state index contributed by atoms with van der Waals surface area (Å²) in [6.45, 7) is 1.61. The van der Waals surface area contributed by atoms with E-state index in [0.29, 0.717) is 5.56 Å². The molecule has 0 spiro atoms. The molecule has 1 aromatic rings. The maximum absolute atomic E-state index is 12.5. The number of methoxy groups -OCH3 is 1. The monoisotopic (exact) mass is 207 g/mol. The van der Waals surface area contributed by atoms with Gasteiger partial charge >= 0.3 is 0 Å². The number of hydrogen-bond acceptors (Lipinski definition) is 2. The molecule has 72 valence electrons. The Labute approximate surface area is 79.5 Å². The normalized spacial score (nSPS) is 10.6. The highest BCUT2D eigenvalue weighted by Gasteiger charge is 2.20.